The molecule has 21 heavy (non-hydrogen) atoms. The quantitative estimate of drug-likeness (QED) is 0.616. The van der Waals surface area contributed by atoms with E-state index in [1.807, 2.05) is 43.3 Å². The summed E-state index contributed by atoms with van der Waals surface area (Å²) in [5.41, 5.74) is 5.90. The average molecular weight is 344 g/mol. The third-order valence-corrected chi connectivity index (χ3v) is 4.48. The van der Waals surface area contributed by atoms with E-state index in [1.165, 1.54) is 0 Å². The van der Waals surface area contributed by atoms with Crippen molar-refractivity contribution < 1.29 is 0 Å². The molecule has 0 fully saturated rings. The maximum atomic E-state index is 6.28. The van der Waals surface area contributed by atoms with Gasteiger partial charge in [0, 0.05) is 21.1 Å². The fourth-order valence-corrected chi connectivity index (χ4v) is 3.11. The van der Waals surface area contributed by atoms with Gasteiger partial charge in [0.25, 0.3) is 0 Å². The summed E-state index contributed by atoms with van der Waals surface area (Å²) in [5, 5.41) is 2.05. The van der Waals surface area contributed by atoms with Crippen LogP contribution in [0.2, 0.25) is 15.1 Å². The van der Waals surface area contributed by atoms with E-state index >= 15 is 0 Å². The van der Waals surface area contributed by atoms with Gasteiger partial charge in [-0.2, -0.15) is 0 Å². The number of halogens is 3. The van der Waals surface area contributed by atoms with Crippen molar-refractivity contribution in [2.45, 2.75) is 25.8 Å². The van der Waals surface area contributed by atoms with E-state index in [1.54, 1.807) is 0 Å². The lowest BCUT2D eigenvalue weighted by Gasteiger charge is -2.18. The molecule has 0 aromatic heterocycles. The monoisotopic (exact) mass is 342 g/mol. The van der Waals surface area contributed by atoms with Gasteiger partial charge in [0.1, 0.15) is 0 Å². The summed E-state index contributed by atoms with van der Waals surface area (Å²) >= 11 is 18.7. The molecule has 1 unspecified atom stereocenters. The van der Waals surface area contributed by atoms with Crippen LogP contribution in [0, 0.1) is 6.92 Å². The molecule has 0 aliphatic rings. The van der Waals surface area contributed by atoms with Crippen LogP contribution in [-0.4, -0.2) is 6.04 Å². The van der Waals surface area contributed by atoms with Crippen molar-refractivity contribution in [1.29, 1.82) is 0 Å². The maximum Gasteiger partial charge on any atom is 0.0453 e. The van der Waals surface area contributed by atoms with Crippen LogP contribution < -0.4 is 11.3 Å². The third-order valence-electron chi connectivity index (χ3n) is 3.42. The number of hydrogen-bond acceptors (Lipinski definition) is 2. The van der Waals surface area contributed by atoms with Gasteiger partial charge >= 0.3 is 0 Å². The highest BCUT2D eigenvalue weighted by Crippen LogP contribution is 2.27. The Balaban J connectivity index is 2.17. The first-order valence-electron chi connectivity index (χ1n) is 6.65. The molecule has 0 aliphatic heterocycles. The molecule has 0 saturated heterocycles. The Bertz CT molecular complexity index is 609. The number of nitrogens with two attached hydrogens (primary N) is 1. The van der Waals surface area contributed by atoms with E-state index in [-0.39, 0.29) is 6.04 Å². The van der Waals surface area contributed by atoms with E-state index in [4.69, 9.17) is 40.6 Å². The van der Waals surface area contributed by atoms with Gasteiger partial charge < -0.3 is 0 Å². The number of hydrazine groups is 1. The van der Waals surface area contributed by atoms with Gasteiger partial charge in [-0.05, 0) is 54.7 Å². The first-order chi connectivity index (χ1) is 10.0. The second kappa shape index (κ2) is 7.48. The van der Waals surface area contributed by atoms with E-state index in [9.17, 15) is 0 Å². The molecule has 0 amide bonds. The topological polar surface area (TPSA) is 38.0 Å². The molecule has 0 saturated carbocycles. The maximum absolute atomic E-state index is 6.28. The SMILES string of the molecule is Cc1ccc(CC(Cc2c(Cl)cccc2Cl)NN)c(Cl)c1. The van der Waals surface area contributed by atoms with Crippen LogP contribution in [0.25, 0.3) is 0 Å². The Morgan fingerprint density at radius 2 is 1.67 bits per heavy atom. The molecule has 5 heteroatoms. The molecule has 0 heterocycles. The van der Waals surface area contributed by atoms with Crippen molar-refractivity contribution in [3.05, 3.63) is 68.2 Å². The molecule has 3 N–H and O–H groups in total. The summed E-state index contributed by atoms with van der Waals surface area (Å²) in [6.45, 7) is 2.01. The first-order valence-corrected chi connectivity index (χ1v) is 7.78. The predicted molar refractivity (Wildman–Crippen MR) is 91.2 cm³/mol. The van der Waals surface area contributed by atoms with Crippen molar-refractivity contribution >= 4 is 34.8 Å². The number of rotatable bonds is 5. The lowest BCUT2D eigenvalue weighted by atomic mass is 9.98. The van der Waals surface area contributed by atoms with Gasteiger partial charge in [-0.15, -0.1) is 0 Å². The highest BCUT2D eigenvalue weighted by Gasteiger charge is 2.15. The first kappa shape index (κ1) is 16.6. The largest absolute Gasteiger partial charge is 0.271 e. The Hall–Kier alpha value is -0.770. The number of hydrogen-bond donors (Lipinski definition) is 2. The summed E-state index contributed by atoms with van der Waals surface area (Å²) < 4.78 is 0. The molecule has 112 valence electrons. The van der Waals surface area contributed by atoms with Crippen molar-refractivity contribution in [3.8, 4) is 0 Å². The van der Waals surface area contributed by atoms with Crippen LogP contribution in [0.3, 0.4) is 0 Å². The summed E-state index contributed by atoms with van der Waals surface area (Å²) in [6, 6.07) is 11.5. The average Bonchev–Trinajstić information content (AvgIpc) is 2.44. The van der Waals surface area contributed by atoms with Crippen LogP contribution in [0.4, 0.5) is 0 Å². The van der Waals surface area contributed by atoms with Gasteiger partial charge in [-0.25, -0.2) is 0 Å². The minimum atomic E-state index is 0.00241. The molecule has 0 bridgehead atoms. The van der Waals surface area contributed by atoms with Gasteiger partial charge in [0.2, 0.25) is 0 Å². The normalized spacial score (nSPS) is 12.4. The lowest BCUT2D eigenvalue weighted by Crippen LogP contribution is -2.38. The van der Waals surface area contributed by atoms with E-state index < -0.39 is 0 Å². The van der Waals surface area contributed by atoms with Crippen LogP contribution in [0.5, 0.6) is 0 Å². The summed E-state index contributed by atoms with van der Waals surface area (Å²) in [6.07, 6.45) is 1.34. The van der Waals surface area contributed by atoms with Gasteiger partial charge in [0.15, 0.2) is 0 Å². The Morgan fingerprint density at radius 1 is 1.00 bits per heavy atom. The highest BCUT2D eigenvalue weighted by atomic mass is 35.5. The molecule has 2 rings (SSSR count). The standard InChI is InChI=1S/C16H17Cl3N2/c1-10-5-6-11(16(19)7-10)8-12(21-20)9-13-14(17)3-2-4-15(13)18/h2-7,12,21H,8-9,20H2,1H3. The van der Waals surface area contributed by atoms with Gasteiger partial charge in [-0.1, -0.05) is 53.0 Å². The van der Waals surface area contributed by atoms with Crippen LogP contribution >= 0.6 is 34.8 Å². The molecule has 2 nitrogen and oxygen atoms in total. The zero-order valence-corrected chi connectivity index (χ0v) is 13.9. The van der Waals surface area contributed by atoms with Crippen LogP contribution in [0.1, 0.15) is 16.7 Å². The van der Waals surface area contributed by atoms with Crippen molar-refractivity contribution in [3.63, 3.8) is 0 Å². The molecule has 2 aromatic rings. The van der Waals surface area contributed by atoms with Crippen LogP contribution in [-0.2, 0) is 12.8 Å². The second-order valence-corrected chi connectivity index (χ2v) is 6.29. The molecular weight excluding hydrogens is 327 g/mol. The molecular formula is C16H17Cl3N2. The zero-order valence-electron chi connectivity index (χ0n) is 11.7. The van der Waals surface area contributed by atoms with Gasteiger partial charge in [-0.3, -0.25) is 11.3 Å². The van der Waals surface area contributed by atoms with E-state index in [0.29, 0.717) is 22.9 Å². The molecule has 0 aliphatic carbocycles. The summed E-state index contributed by atoms with van der Waals surface area (Å²) in [4.78, 5) is 0. The predicted octanol–water partition coefficient (Wildman–Crippen LogP) is 4.57. The minimum absolute atomic E-state index is 0.00241. The fraction of sp³-hybridized carbons (Fsp3) is 0.250. The van der Waals surface area contributed by atoms with Crippen molar-refractivity contribution in [2.24, 2.45) is 5.84 Å². The van der Waals surface area contributed by atoms with E-state index in [2.05, 4.69) is 5.43 Å². The third kappa shape index (κ3) is 4.35. The Labute approximate surface area is 140 Å². The summed E-state index contributed by atoms with van der Waals surface area (Å²) in [5.74, 6) is 5.67. The smallest absolute Gasteiger partial charge is 0.0453 e. The Kier molecular flexibility index (Phi) is 5.91. The van der Waals surface area contributed by atoms with Crippen molar-refractivity contribution in [2.75, 3.05) is 0 Å². The molecule has 1 atom stereocenters. The highest BCUT2D eigenvalue weighted by molar-refractivity contribution is 6.36. The molecule has 0 radical (unpaired) electrons. The number of aryl methyl sites for hydroxylation is 1. The molecule has 0 spiro atoms. The minimum Gasteiger partial charge on any atom is -0.271 e. The van der Waals surface area contributed by atoms with Crippen molar-refractivity contribution in [1.82, 2.24) is 5.43 Å². The molecule has 2 aromatic carbocycles. The van der Waals surface area contributed by atoms with E-state index in [0.717, 1.165) is 21.7 Å². The summed E-state index contributed by atoms with van der Waals surface area (Å²) in [7, 11) is 0. The second-order valence-electron chi connectivity index (χ2n) is 5.07. The number of benzene rings is 2. The van der Waals surface area contributed by atoms with Gasteiger partial charge in [0.05, 0.1) is 0 Å². The fourth-order valence-electron chi connectivity index (χ4n) is 2.25. The zero-order chi connectivity index (χ0) is 15.4. The Morgan fingerprint density at radius 3 is 2.24 bits per heavy atom. The number of nitrogens with one attached hydrogen (secondary N) is 1. The van der Waals surface area contributed by atoms with Crippen LogP contribution in [0.15, 0.2) is 36.4 Å². The lowest BCUT2D eigenvalue weighted by molar-refractivity contribution is 0.522.